The van der Waals surface area contributed by atoms with Crippen LogP contribution in [0.3, 0.4) is 0 Å². The molecule has 2 aliphatic rings. The monoisotopic (exact) mass is 525 g/mol. The van der Waals surface area contributed by atoms with Crippen molar-refractivity contribution in [1.82, 2.24) is 9.80 Å². The van der Waals surface area contributed by atoms with E-state index in [0.717, 1.165) is 81.6 Å². The quantitative estimate of drug-likeness (QED) is 0.407. The van der Waals surface area contributed by atoms with Gasteiger partial charge in [0.05, 0.1) is 33.6 Å². The number of likely N-dealkylation sites (tertiary alicyclic amines) is 1. The first-order valence-electron chi connectivity index (χ1n) is 13.8. The Balaban J connectivity index is 1.41. The normalized spacial score (nSPS) is 20.7. The highest BCUT2D eigenvalue weighted by Crippen LogP contribution is 2.33. The summed E-state index contributed by atoms with van der Waals surface area (Å²) < 4.78 is 21.8. The van der Waals surface area contributed by atoms with Crippen LogP contribution in [0.25, 0.3) is 0 Å². The van der Waals surface area contributed by atoms with Crippen molar-refractivity contribution in [3.8, 4) is 17.2 Å². The van der Waals surface area contributed by atoms with Crippen LogP contribution >= 0.6 is 0 Å². The minimum absolute atomic E-state index is 0.127. The van der Waals surface area contributed by atoms with Gasteiger partial charge in [0.2, 0.25) is 0 Å². The third-order valence-corrected chi connectivity index (χ3v) is 7.87. The lowest BCUT2D eigenvalue weighted by atomic mass is 9.86. The molecule has 0 bridgehead atoms. The molecule has 8 nitrogen and oxygen atoms in total. The molecule has 2 fully saturated rings. The summed E-state index contributed by atoms with van der Waals surface area (Å²) in [6.45, 7) is 9.39. The molecule has 4 rings (SSSR count). The number of nitrogens with zero attached hydrogens (tertiary/aromatic N) is 3. The third kappa shape index (κ3) is 6.91. The number of piperidine rings is 1. The molecule has 0 N–H and O–H groups in total. The molecule has 0 aliphatic carbocycles. The summed E-state index contributed by atoms with van der Waals surface area (Å²) in [6.07, 6.45) is 2.39. The first-order chi connectivity index (χ1) is 18.6. The molecule has 0 radical (unpaired) electrons. The number of hydrogen-bond acceptors (Lipinski definition) is 8. The highest BCUT2D eigenvalue weighted by atomic mass is 16.5. The minimum Gasteiger partial charge on any atom is -0.495 e. The molecule has 208 valence electrons. The molecule has 0 amide bonds. The first-order valence-corrected chi connectivity index (χ1v) is 13.8. The van der Waals surface area contributed by atoms with E-state index < -0.39 is 0 Å². The number of piperazine rings is 1. The number of anilines is 1. The average Bonchev–Trinajstić information content (AvgIpc) is 2.96. The molecule has 0 aromatic heterocycles. The molecular weight excluding hydrogens is 482 g/mol. The molecule has 0 spiro atoms. The number of benzene rings is 2. The number of carbonyl (C=O) groups excluding carboxylic acids is 1. The van der Waals surface area contributed by atoms with E-state index in [-0.39, 0.29) is 5.97 Å². The number of para-hydroxylation sites is 2. The van der Waals surface area contributed by atoms with Crippen molar-refractivity contribution in [2.24, 2.45) is 5.92 Å². The van der Waals surface area contributed by atoms with Gasteiger partial charge in [-0.1, -0.05) is 18.2 Å². The summed E-state index contributed by atoms with van der Waals surface area (Å²) >= 11 is 0. The van der Waals surface area contributed by atoms with Gasteiger partial charge in [0.1, 0.15) is 5.75 Å². The fraction of sp³-hybridized carbons (Fsp3) is 0.567. The fourth-order valence-corrected chi connectivity index (χ4v) is 5.94. The van der Waals surface area contributed by atoms with Gasteiger partial charge in [0.25, 0.3) is 0 Å². The van der Waals surface area contributed by atoms with E-state index in [4.69, 9.17) is 18.9 Å². The van der Waals surface area contributed by atoms with Crippen molar-refractivity contribution < 1.29 is 23.7 Å². The van der Waals surface area contributed by atoms with Gasteiger partial charge < -0.3 is 23.8 Å². The molecule has 2 aromatic carbocycles. The maximum absolute atomic E-state index is 12.0. The SMILES string of the molecule is CCOc1cc(CN2CC[C@H](N3CCN(c4ccccc4OC)CC3)[C@H](CCC(=O)OC)C2)ccc1OC. The molecule has 2 atom stereocenters. The number of methoxy groups -OCH3 is 3. The number of rotatable bonds is 11. The van der Waals surface area contributed by atoms with Gasteiger partial charge in [0.15, 0.2) is 11.5 Å². The van der Waals surface area contributed by atoms with Crippen LogP contribution in [0.15, 0.2) is 42.5 Å². The fourth-order valence-electron chi connectivity index (χ4n) is 5.94. The summed E-state index contributed by atoms with van der Waals surface area (Å²) in [4.78, 5) is 19.6. The van der Waals surface area contributed by atoms with Crippen LogP contribution in [0.5, 0.6) is 17.2 Å². The summed E-state index contributed by atoms with van der Waals surface area (Å²) in [5.41, 5.74) is 2.38. The lowest BCUT2D eigenvalue weighted by Crippen LogP contribution is -2.56. The van der Waals surface area contributed by atoms with Crippen molar-refractivity contribution in [3.05, 3.63) is 48.0 Å². The van der Waals surface area contributed by atoms with Crippen molar-refractivity contribution in [2.75, 3.05) is 72.1 Å². The van der Waals surface area contributed by atoms with Crippen LogP contribution in [0.1, 0.15) is 31.7 Å². The number of hydrogen-bond donors (Lipinski definition) is 0. The van der Waals surface area contributed by atoms with Gasteiger partial charge in [-0.05, 0) is 62.1 Å². The molecule has 38 heavy (non-hydrogen) atoms. The van der Waals surface area contributed by atoms with E-state index in [0.29, 0.717) is 25.0 Å². The third-order valence-electron chi connectivity index (χ3n) is 7.87. The zero-order valence-electron chi connectivity index (χ0n) is 23.4. The van der Waals surface area contributed by atoms with E-state index in [1.165, 1.54) is 12.7 Å². The molecule has 2 aliphatic heterocycles. The van der Waals surface area contributed by atoms with Crippen molar-refractivity contribution in [3.63, 3.8) is 0 Å². The van der Waals surface area contributed by atoms with Crippen LogP contribution < -0.4 is 19.1 Å². The Morgan fingerprint density at radius 2 is 1.68 bits per heavy atom. The Morgan fingerprint density at radius 1 is 0.921 bits per heavy atom. The largest absolute Gasteiger partial charge is 0.495 e. The molecule has 0 unspecified atom stereocenters. The first kappa shape index (κ1) is 28.0. The van der Waals surface area contributed by atoms with Crippen LogP contribution in [-0.4, -0.2) is 89.0 Å². The number of ether oxygens (including phenoxy) is 4. The maximum Gasteiger partial charge on any atom is 0.305 e. The summed E-state index contributed by atoms with van der Waals surface area (Å²) in [5.74, 6) is 2.76. The molecule has 0 saturated carbocycles. The Hall–Kier alpha value is -2.97. The number of carbonyl (C=O) groups is 1. The predicted molar refractivity (Wildman–Crippen MR) is 149 cm³/mol. The van der Waals surface area contributed by atoms with E-state index in [9.17, 15) is 4.79 Å². The van der Waals surface area contributed by atoms with Gasteiger partial charge in [-0.25, -0.2) is 0 Å². The second-order valence-electron chi connectivity index (χ2n) is 10.1. The van der Waals surface area contributed by atoms with Crippen LogP contribution in [-0.2, 0) is 16.1 Å². The van der Waals surface area contributed by atoms with Crippen LogP contribution in [0, 0.1) is 5.92 Å². The van der Waals surface area contributed by atoms with Crippen LogP contribution in [0.4, 0.5) is 5.69 Å². The van der Waals surface area contributed by atoms with Gasteiger partial charge >= 0.3 is 5.97 Å². The van der Waals surface area contributed by atoms with Crippen molar-refractivity contribution >= 4 is 11.7 Å². The Kier molecular flexibility index (Phi) is 10.1. The minimum atomic E-state index is -0.127. The second-order valence-corrected chi connectivity index (χ2v) is 10.1. The molecule has 2 heterocycles. The predicted octanol–water partition coefficient (Wildman–Crippen LogP) is 4.07. The zero-order chi connectivity index (χ0) is 26.9. The van der Waals surface area contributed by atoms with E-state index in [1.807, 2.05) is 25.1 Å². The lowest BCUT2D eigenvalue weighted by Gasteiger charge is -2.47. The molecule has 2 aromatic rings. The average molecular weight is 526 g/mol. The van der Waals surface area contributed by atoms with E-state index in [1.54, 1.807) is 14.2 Å². The summed E-state index contributed by atoms with van der Waals surface area (Å²) in [6, 6.07) is 14.9. The number of esters is 1. The lowest BCUT2D eigenvalue weighted by molar-refractivity contribution is -0.141. The van der Waals surface area contributed by atoms with E-state index in [2.05, 4.69) is 39.0 Å². The van der Waals surface area contributed by atoms with Gasteiger partial charge in [-0.3, -0.25) is 14.6 Å². The Morgan fingerprint density at radius 3 is 2.39 bits per heavy atom. The maximum atomic E-state index is 12.0. The smallest absolute Gasteiger partial charge is 0.305 e. The molecule has 2 saturated heterocycles. The topological polar surface area (TPSA) is 63.7 Å². The summed E-state index contributed by atoms with van der Waals surface area (Å²) in [7, 11) is 4.88. The summed E-state index contributed by atoms with van der Waals surface area (Å²) in [5, 5.41) is 0. The van der Waals surface area contributed by atoms with Crippen molar-refractivity contribution in [1.29, 1.82) is 0 Å². The van der Waals surface area contributed by atoms with Gasteiger partial charge in [0, 0.05) is 51.7 Å². The van der Waals surface area contributed by atoms with E-state index >= 15 is 0 Å². The van der Waals surface area contributed by atoms with Gasteiger partial charge in [-0.15, -0.1) is 0 Å². The zero-order valence-corrected chi connectivity index (χ0v) is 23.4. The standard InChI is InChI=1S/C30H43N3O5/c1-5-38-29-20-23(10-12-28(29)36-3)21-31-15-14-25(24(22-31)11-13-30(34)37-4)32-16-18-33(19-17-32)26-8-6-7-9-27(26)35-2/h6-10,12,20,24-25H,5,11,13-19,21-22H2,1-4H3/t24-,25+/m1/s1. The molecule has 8 heteroatoms. The molecular formula is C30H43N3O5. The highest BCUT2D eigenvalue weighted by molar-refractivity contribution is 5.69. The van der Waals surface area contributed by atoms with Gasteiger partial charge in [-0.2, -0.15) is 0 Å². The van der Waals surface area contributed by atoms with Crippen LogP contribution in [0.2, 0.25) is 0 Å². The second kappa shape index (κ2) is 13.7. The highest BCUT2D eigenvalue weighted by Gasteiger charge is 2.35. The Labute approximate surface area is 227 Å². The van der Waals surface area contributed by atoms with Crippen molar-refractivity contribution in [2.45, 2.75) is 38.8 Å². The Bertz CT molecular complexity index is 1040.